The zero-order valence-corrected chi connectivity index (χ0v) is 9.79. The molecule has 2 heterocycles. The first kappa shape index (κ1) is 10.4. The van der Waals surface area contributed by atoms with Crippen LogP contribution in [0.2, 0.25) is 0 Å². The van der Waals surface area contributed by atoms with Gasteiger partial charge >= 0.3 is 0 Å². The van der Waals surface area contributed by atoms with E-state index >= 15 is 0 Å². The van der Waals surface area contributed by atoms with Crippen molar-refractivity contribution in [2.75, 3.05) is 5.73 Å². The standard InChI is InChI=1S/C12H17N5/c13-10-7-14-16(8-10)9-11-5-6-17(15-11)12-3-1-2-4-12/h5-8,12H,1-4,9,13H2. The first-order valence-corrected chi connectivity index (χ1v) is 6.13. The fraction of sp³-hybridized carbons (Fsp3) is 0.500. The largest absolute Gasteiger partial charge is 0.396 e. The quantitative estimate of drug-likeness (QED) is 0.876. The van der Waals surface area contributed by atoms with Gasteiger partial charge in [-0.3, -0.25) is 9.36 Å². The number of nitrogens with zero attached hydrogens (tertiary/aromatic N) is 4. The number of aromatic nitrogens is 4. The van der Waals surface area contributed by atoms with Gasteiger partial charge in [0, 0.05) is 12.4 Å². The Morgan fingerprint density at radius 1 is 1.35 bits per heavy atom. The van der Waals surface area contributed by atoms with E-state index in [4.69, 9.17) is 5.73 Å². The molecule has 5 nitrogen and oxygen atoms in total. The van der Waals surface area contributed by atoms with Crippen molar-refractivity contribution >= 4 is 5.69 Å². The van der Waals surface area contributed by atoms with Crippen molar-refractivity contribution in [2.24, 2.45) is 0 Å². The summed E-state index contributed by atoms with van der Waals surface area (Å²) < 4.78 is 3.92. The fourth-order valence-corrected chi connectivity index (χ4v) is 2.47. The Morgan fingerprint density at radius 3 is 2.88 bits per heavy atom. The molecule has 0 amide bonds. The Morgan fingerprint density at radius 2 is 2.18 bits per heavy atom. The maximum absolute atomic E-state index is 5.63. The van der Waals surface area contributed by atoms with Crippen molar-refractivity contribution in [3.05, 3.63) is 30.4 Å². The predicted octanol–water partition coefficient (Wildman–Crippen LogP) is 1.83. The molecule has 5 heteroatoms. The molecule has 0 aliphatic heterocycles. The number of nitrogens with two attached hydrogens (primary N) is 1. The molecule has 17 heavy (non-hydrogen) atoms. The van der Waals surface area contributed by atoms with E-state index in [0.717, 1.165) is 5.69 Å². The van der Waals surface area contributed by atoms with E-state index in [0.29, 0.717) is 18.3 Å². The smallest absolute Gasteiger partial charge is 0.0850 e. The van der Waals surface area contributed by atoms with Crippen LogP contribution in [0.1, 0.15) is 37.4 Å². The molecule has 0 unspecified atom stereocenters. The zero-order valence-electron chi connectivity index (χ0n) is 9.79. The van der Waals surface area contributed by atoms with Gasteiger partial charge in [-0.2, -0.15) is 10.2 Å². The minimum atomic E-state index is 0.603. The van der Waals surface area contributed by atoms with Crippen molar-refractivity contribution < 1.29 is 0 Å². The van der Waals surface area contributed by atoms with Gasteiger partial charge < -0.3 is 5.73 Å². The van der Waals surface area contributed by atoms with E-state index in [1.807, 2.05) is 10.9 Å². The van der Waals surface area contributed by atoms with Crippen LogP contribution in [0.25, 0.3) is 0 Å². The van der Waals surface area contributed by atoms with E-state index in [1.165, 1.54) is 25.7 Å². The van der Waals surface area contributed by atoms with E-state index in [9.17, 15) is 0 Å². The molecule has 90 valence electrons. The third kappa shape index (κ3) is 2.18. The molecule has 0 bridgehead atoms. The van der Waals surface area contributed by atoms with Crippen LogP contribution in [0.15, 0.2) is 24.7 Å². The molecule has 0 atom stereocenters. The summed E-state index contributed by atoms with van der Waals surface area (Å²) in [6, 6.07) is 2.67. The zero-order chi connectivity index (χ0) is 11.7. The van der Waals surface area contributed by atoms with E-state index < -0.39 is 0 Å². The number of hydrogen-bond donors (Lipinski definition) is 1. The highest BCUT2D eigenvalue weighted by atomic mass is 15.3. The number of nitrogen functional groups attached to an aromatic ring is 1. The summed E-state index contributed by atoms with van der Waals surface area (Å²) >= 11 is 0. The highest BCUT2D eigenvalue weighted by Gasteiger charge is 2.17. The summed E-state index contributed by atoms with van der Waals surface area (Å²) in [6.45, 7) is 0.691. The van der Waals surface area contributed by atoms with Crippen molar-refractivity contribution in [1.82, 2.24) is 19.6 Å². The van der Waals surface area contributed by atoms with Gasteiger partial charge in [0.1, 0.15) is 0 Å². The van der Waals surface area contributed by atoms with Gasteiger partial charge in [-0.15, -0.1) is 0 Å². The number of rotatable bonds is 3. The summed E-state index contributed by atoms with van der Waals surface area (Å²) in [6.07, 6.45) is 10.7. The van der Waals surface area contributed by atoms with Crippen LogP contribution in [-0.4, -0.2) is 19.6 Å². The fourth-order valence-electron chi connectivity index (χ4n) is 2.47. The monoisotopic (exact) mass is 231 g/mol. The average Bonchev–Trinajstić information content (AvgIpc) is 3.00. The molecular formula is C12H17N5. The Balaban J connectivity index is 1.71. The molecule has 0 radical (unpaired) electrons. The van der Waals surface area contributed by atoms with Crippen LogP contribution in [0, 0.1) is 0 Å². The van der Waals surface area contributed by atoms with Crippen LogP contribution in [-0.2, 0) is 6.54 Å². The molecule has 2 aromatic heterocycles. The van der Waals surface area contributed by atoms with Gasteiger partial charge in [0.15, 0.2) is 0 Å². The van der Waals surface area contributed by atoms with Crippen LogP contribution in [0.3, 0.4) is 0 Å². The van der Waals surface area contributed by atoms with Gasteiger partial charge in [-0.25, -0.2) is 0 Å². The van der Waals surface area contributed by atoms with Crippen molar-refractivity contribution in [1.29, 1.82) is 0 Å². The first-order valence-electron chi connectivity index (χ1n) is 6.13. The molecule has 2 aromatic rings. The summed E-state index contributed by atoms with van der Waals surface area (Å²) in [7, 11) is 0. The van der Waals surface area contributed by atoms with Gasteiger partial charge in [0.25, 0.3) is 0 Å². The minimum Gasteiger partial charge on any atom is -0.396 e. The first-order chi connectivity index (χ1) is 8.31. The molecule has 0 saturated heterocycles. The molecule has 2 N–H and O–H groups in total. The second-order valence-corrected chi connectivity index (χ2v) is 4.70. The van der Waals surface area contributed by atoms with Crippen LogP contribution in [0.5, 0.6) is 0 Å². The Hall–Kier alpha value is -1.78. The SMILES string of the molecule is Nc1cnn(Cc2ccn(C3CCCC3)n2)c1. The molecule has 0 spiro atoms. The lowest BCUT2D eigenvalue weighted by atomic mass is 10.3. The summed E-state index contributed by atoms with van der Waals surface area (Å²) in [5.74, 6) is 0. The maximum atomic E-state index is 5.63. The molecule has 0 aromatic carbocycles. The van der Waals surface area contributed by atoms with Crippen LogP contribution >= 0.6 is 0 Å². The maximum Gasteiger partial charge on any atom is 0.0850 e. The summed E-state index contributed by atoms with van der Waals surface area (Å²) in [5, 5.41) is 8.77. The topological polar surface area (TPSA) is 61.7 Å². The molecule has 1 aliphatic carbocycles. The van der Waals surface area contributed by atoms with E-state index in [-0.39, 0.29) is 0 Å². The normalized spacial score (nSPS) is 16.7. The lowest BCUT2D eigenvalue weighted by Gasteiger charge is -2.08. The highest BCUT2D eigenvalue weighted by Crippen LogP contribution is 2.28. The average molecular weight is 231 g/mol. The lowest BCUT2D eigenvalue weighted by Crippen LogP contribution is -2.07. The van der Waals surface area contributed by atoms with Gasteiger partial charge in [0.05, 0.1) is 30.2 Å². The van der Waals surface area contributed by atoms with E-state index in [2.05, 4.69) is 27.1 Å². The second-order valence-electron chi connectivity index (χ2n) is 4.70. The van der Waals surface area contributed by atoms with Crippen molar-refractivity contribution in [2.45, 2.75) is 38.3 Å². The van der Waals surface area contributed by atoms with Gasteiger partial charge in [-0.1, -0.05) is 12.8 Å². The highest BCUT2D eigenvalue weighted by molar-refractivity contribution is 5.30. The third-order valence-corrected chi connectivity index (χ3v) is 3.34. The molecule has 1 fully saturated rings. The van der Waals surface area contributed by atoms with Crippen LogP contribution in [0.4, 0.5) is 5.69 Å². The third-order valence-electron chi connectivity index (χ3n) is 3.34. The Bertz CT molecular complexity index is 492. The van der Waals surface area contributed by atoms with Gasteiger partial charge in [-0.05, 0) is 18.9 Å². The lowest BCUT2D eigenvalue weighted by molar-refractivity contribution is 0.460. The Labute approximate surface area is 100 Å². The molecule has 1 saturated carbocycles. The second kappa shape index (κ2) is 4.24. The van der Waals surface area contributed by atoms with Crippen molar-refractivity contribution in [3.63, 3.8) is 0 Å². The number of hydrogen-bond acceptors (Lipinski definition) is 3. The minimum absolute atomic E-state index is 0.603. The van der Waals surface area contributed by atoms with Crippen molar-refractivity contribution in [3.8, 4) is 0 Å². The summed E-state index contributed by atoms with van der Waals surface area (Å²) in [5.41, 5.74) is 7.36. The Kier molecular flexibility index (Phi) is 2.59. The van der Waals surface area contributed by atoms with Crippen LogP contribution < -0.4 is 5.73 Å². The molecular weight excluding hydrogens is 214 g/mol. The van der Waals surface area contributed by atoms with Gasteiger partial charge in [0.2, 0.25) is 0 Å². The molecule has 3 rings (SSSR count). The molecule has 1 aliphatic rings. The number of anilines is 1. The van der Waals surface area contributed by atoms with E-state index in [1.54, 1.807) is 6.20 Å². The summed E-state index contributed by atoms with van der Waals surface area (Å²) in [4.78, 5) is 0. The predicted molar refractivity (Wildman–Crippen MR) is 65.5 cm³/mol.